The summed E-state index contributed by atoms with van der Waals surface area (Å²) < 4.78 is 0. The summed E-state index contributed by atoms with van der Waals surface area (Å²) in [6, 6.07) is 0. The maximum atomic E-state index is 2.12. The zero-order chi connectivity index (χ0) is 7.28. The number of allylic oxidation sites excluding steroid dienone is 4. The van der Waals surface area contributed by atoms with Crippen LogP contribution in [0.25, 0.3) is 0 Å². The first kappa shape index (κ1) is 8.83. The SMILES string of the molecule is CC=C(C)SC(C)=CC. The van der Waals surface area contributed by atoms with Gasteiger partial charge in [0.2, 0.25) is 0 Å². The van der Waals surface area contributed by atoms with E-state index in [0.29, 0.717) is 0 Å². The van der Waals surface area contributed by atoms with Gasteiger partial charge in [0.15, 0.2) is 0 Å². The van der Waals surface area contributed by atoms with Crippen molar-refractivity contribution in [2.24, 2.45) is 0 Å². The van der Waals surface area contributed by atoms with Gasteiger partial charge in [-0.1, -0.05) is 12.2 Å². The Morgan fingerprint density at radius 2 is 1.33 bits per heavy atom. The summed E-state index contributed by atoms with van der Waals surface area (Å²) in [6.45, 7) is 8.37. The van der Waals surface area contributed by atoms with E-state index in [1.54, 1.807) is 0 Å². The van der Waals surface area contributed by atoms with Gasteiger partial charge in [0.25, 0.3) is 0 Å². The molecule has 0 spiro atoms. The van der Waals surface area contributed by atoms with Crippen molar-refractivity contribution >= 4 is 11.8 Å². The Morgan fingerprint density at radius 3 is 1.56 bits per heavy atom. The van der Waals surface area contributed by atoms with Crippen molar-refractivity contribution in [3.05, 3.63) is 22.0 Å². The first-order valence-electron chi connectivity index (χ1n) is 3.14. The molecule has 0 aliphatic carbocycles. The van der Waals surface area contributed by atoms with E-state index in [0.717, 1.165) is 0 Å². The molecule has 0 radical (unpaired) electrons. The molecule has 0 heterocycles. The summed E-state index contributed by atoms with van der Waals surface area (Å²) in [5.74, 6) is 0. The highest BCUT2D eigenvalue weighted by atomic mass is 32.2. The van der Waals surface area contributed by atoms with Crippen LogP contribution in [-0.4, -0.2) is 0 Å². The Kier molecular flexibility index (Phi) is 4.60. The van der Waals surface area contributed by atoms with E-state index in [2.05, 4.69) is 39.8 Å². The highest BCUT2D eigenvalue weighted by molar-refractivity contribution is 8.06. The fourth-order valence-corrected chi connectivity index (χ4v) is 1.12. The molecule has 0 nitrogen and oxygen atoms in total. The first-order valence-corrected chi connectivity index (χ1v) is 3.96. The summed E-state index contributed by atoms with van der Waals surface area (Å²) in [7, 11) is 0. The summed E-state index contributed by atoms with van der Waals surface area (Å²) in [4.78, 5) is 2.73. The van der Waals surface area contributed by atoms with Gasteiger partial charge < -0.3 is 0 Å². The predicted octanol–water partition coefficient (Wildman–Crippen LogP) is 3.57. The average molecular weight is 142 g/mol. The van der Waals surface area contributed by atoms with Gasteiger partial charge in [0.05, 0.1) is 0 Å². The molecule has 1 heteroatoms. The maximum Gasteiger partial charge on any atom is -0.0180 e. The van der Waals surface area contributed by atoms with Crippen LogP contribution in [0, 0.1) is 0 Å². The van der Waals surface area contributed by atoms with Crippen LogP contribution in [0.1, 0.15) is 27.7 Å². The molecule has 0 aromatic carbocycles. The summed E-state index contributed by atoms with van der Waals surface area (Å²) >= 11 is 1.82. The molecule has 0 N–H and O–H groups in total. The molecule has 0 rings (SSSR count). The van der Waals surface area contributed by atoms with Crippen molar-refractivity contribution in [3.8, 4) is 0 Å². The highest BCUT2D eigenvalue weighted by Gasteiger charge is 1.88. The zero-order valence-electron chi connectivity index (χ0n) is 6.56. The molecule has 9 heavy (non-hydrogen) atoms. The van der Waals surface area contributed by atoms with E-state index in [4.69, 9.17) is 0 Å². The highest BCUT2D eigenvalue weighted by Crippen LogP contribution is 2.23. The summed E-state index contributed by atoms with van der Waals surface area (Å²) in [5.41, 5.74) is 0. The van der Waals surface area contributed by atoms with Crippen LogP contribution in [0.15, 0.2) is 22.0 Å². The van der Waals surface area contributed by atoms with Crippen molar-refractivity contribution in [2.45, 2.75) is 27.7 Å². The standard InChI is InChI=1S/C8H14S/c1-5-7(3)9-8(4)6-2/h5-6H,1-4H3. The molecule has 0 amide bonds. The van der Waals surface area contributed by atoms with Gasteiger partial charge in [-0.2, -0.15) is 0 Å². The van der Waals surface area contributed by atoms with Gasteiger partial charge in [0.1, 0.15) is 0 Å². The Bertz CT molecular complexity index is 116. The normalized spacial score (nSPS) is 14.2. The van der Waals surface area contributed by atoms with E-state index in [9.17, 15) is 0 Å². The van der Waals surface area contributed by atoms with E-state index in [1.165, 1.54) is 9.81 Å². The van der Waals surface area contributed by atoms with Crippen LogP contribution in [0.4, 0.5) is 0 Å². The molecule has 52 valence electrons. The number of hydrogen-bond acceptors (Lipinski definition) is 1. The molecule has 0 saturated heterocycles. The molecule has 0 aliphatic heterocycles. The Morgan fingerprint density at radius 1 is 1.00 bits per heavy atom. The van der Waals surface area contributed by atoms with Crippen LogP contribution in [0.5, 0.6) is 0 Å². The van der Waals surface area contributed by atoms with Crippen LogP contribution in [-0.2, 0) is 0 Å². The van der Waals surface area contributed by atoms with E-state index < -0.39 is 0 Å². The lowest BCUT2D eigenvalue weighted by molar-refractivity contribution is 1.56. The van der Waals surface area contributed by atoms with Crippen LogP contribution in [0.3, 0.4) is 0 Å². The van der Waals surface area contributed by atoms with Crippen molar-refractivity contribution < 1.29 is 0 Å². The van der Waals surface area contributed by atoms with Gasteiger partial charge in [-0.15, -0.1) is 11.8 Å². The second-order valence-corrected chi connectivity index (χ2v) is 3.39. The molecule has 0 atom stereocenters. The Balaban J connectivity index is 3.75. The van der Waals surface area contributed by atoms with Gasteiger partial charge in [-0.3, -0.25) is 0 Å². The molecular weight excluding hydrogens is 128 g/mol. The molecule has 0 aliphatic rings. The molecule has 0 aromatic heterocycles. The van der Waals surface area contributed by atoms with Crippen LogP contribution >= 0.6 is 11.8 Å². The third-order valence-corrected chi connectivity index (χ3v) is 2.25. The average Bonchev–Trinajstić information content (AvgIpc) is 1.87. The van der Waals surface area contributed by atoms with Gasteiger partial charge >= 0.3 is 0 Å². The second-order valence-electron chi connectivity index (χ2n) is 1.90. The maximum absolute atomic E-state index is 2.12. The summed E-state index contributed by atoms with van der Waals surface area (Å²) in [6.07, 6.45) is 4.25. The Hall–Kier alpha value is -0.170. The molecular formula is C8H14S. The second kappa shape index (κ2) is 4.68. The van der Waals surface area contributed by atoms with E-state index >= 15 is 0 Å². The fraction of sp³-hybridized carbons (Fsp3) is 0.500. The number of thioether (sulfide) groups is 1. The molecule has 0 saturated carbocycles. The molecule has 0 bridgehead atoms. The van der Waals surface area contributed by atoms with Crippen LogP contribution in [0.2, 0.25) is 0 Å². The fourth-order valence-electron chi connectivity index (χ4n) is 0.372. The minimum absolute atomic E-state index is 1.37. The van der Waals surface area contributed by atoms with Gasteiger partial charge in [-0.25, -0.2) is 0 Å². The topological polar surface area (TPSA) is 0 Å². The number of hydrogen-bond donors (Lipinski definition) is 0. The molecule has 0 unspecified atom stereocenters. The quantitative estimate of drug-likeness (QED) is 0.568. The lowest BCUT2D eigenvalue weighted by Crippen LogP contribution is -1.66. The van der Waals surface area contributed by atoms with Crippen molar-refractivity contribution in [1.29, 1.82) is 0 Å². The third-order valence-electron chi connectivity index (χ3n) is 1.14. The number of rotatable bonds is 2. The van der Waals surface area contributed by atoms with E-state index in [1.807, 2.05) is 11.8 Å². The van der Waals surface area contributed by atoms with Gasteiger partial charge in [-0.05, 0) is 37.5 Å². The monoisotopic (exact) mass is 142 g/mol. The lowest BCUT2D eigenvalue weighted by Gasteiger charge is -1.97. The zero-order valence-corrected chi connectivity index (χ0v) is 7.38. The Labute approximate surface area is 62.0 Å². The van der Waals surface area contributed by atoms with Crippen molar-refractivity contribution in [3.63, 3.8) is 0 Å². The van der Waals surface area contributed by atoms with Crippen molar-refractivity contribution in [1.82, 2.24) is 0 Å². The third kappa shape index (κ3) is 4.34. The first-order chi connectivity index (χ1) is 4.20. The predicted molar refractivity (Wildman–Crippen MR) is 46.5 cm³/mol. The molecule has 0 aromatic rings. The lowest BCUT2D eigenvalue weighted by atomic mass is 10.6. The largest absolute Gasteiger partial charge is 0.100 e. The van der Waals surface area contributed by atoms with E-state index in [-0.39, 0.29) is 0 Å². The minimum atomic E-state index is 1.37. The molecule has 0 fully saturated rings. The van der Waals surface area contributed by atoms with Gasteiger partial charge in [0, 0.05) is 0 Å². The summed E-state index contributed by atoms with van der Waals surface area (Å²) in [5, 5.41) is 0. The minimum Gasteiger partial charge on any atom is -0.100 e. The van der Waals surface area contributed by atoms with Crippen LogP contribution < -0.4 is 0 Å². The smallest absolute Gasteiger partial charge is 0.0180 e. The van der Waals surface area contributed by atoms with Crippen molar-refractivity contribution in [2.75, 3.05) is 0 Å².